The molecule has 0 aliphatic heterocycles. The van der Waals surface area contributed by atoms with Crippen molar-refractivity contribution in [1.29, 1.82) is 0 Å². The number of carbonyl (C=O) groups is 5. The molecule has 13 heteroatoms. The summed E-state index contributed by atoms with van der Waals surface area (Å²) in [5.74, 6) is -4.04. The van der Waals surface area contributed by atoms with Gasteiger partial charge in [-0.25, -0.2) is 4.79 Å². The van der Waals surface area contributed by atoms with Crippen LogP contribution >= 0.6 is 0 Å². The first-order valence-electron chi connectivity index (χ1n) is 15.5. The number of carboxylic acids is 1. The Kier molecular flexibility index (Phi) is 17.9. The highest BCUT2D eigenvalue weighted by atomic mass is 16.4. The molecule has 13 nitrogen and oxygen atoms in total. The number of amides is 4. The third-order valence-corrected chi connectivity index (χ3v) is 7.32. The Morgan fingerprint density at radius 2 is 1.16 bits per heavy atom. The lowest BCUT2D eigenvalue weighted by Crippen LogP contribution is -2.60. The number of nitrogens with two attached hydrogens (primary N) is 3. The number of nitrogens with one attached hydrogen (secondary N) is 4. The normalized spacial score (nSPS) is 14.7. The highest BCUT2D eigenvalue weighted by Crippen LogP contribution is 2.10. The Morgan fingerprint density at radius 3 is 1.66 bits per heavy atom. The summed E-state index contributed by atoms with van der Waals surface area (Å²) in [6.07, 6.45) is 2.91. The molecule has 0 heterocycles. The quantitative estimate of drug-likeness (QED) is 0.0874. The molecule has 0 aliphatic rings. The van der Waals surface area contributed by atoms with Gasteiger partial charge < -0.3 is 43.6 Å². The third kappa shape index (κ3) is 13.8. The first-order valence-corrected chi connectivity index (χ1v) is 15.5. The molecule has 0 saturated heterocycles. The molecule has 0 unspecified atom stereocenters. The van der Waals surface area contributed by atoms with E-state index in [2.05, 4.69) is 21.3 Å². The summed E-state index contributed by atoms with van der Waals surface area (Å²) < 4.78 is 0. The van der Waals surface area contributed by atoms with E-state index in [1.54, 1.807) is 52.0 Å². The number of aliphatic carboxylic acids is 1. The molecule has 0 bridgehead atoms. The molecule has 44 heavy (non-hydrogen) atoms. The van der Waals surface area contributed by atoms with Gasteiger partial charge in [0.05, 0.1) is 6.04 Å². The van der Waals surface area contributed by atoms with Crippen LogP contribution in [0.4, 0.5) is 0 Å². The van der Waals surface area contributed by atoms with Crippen LogP contribution < -0.4 is 38.5 Å². The van der Waals surface area contributed by atoms with E-state index in [-0.39, 0.29) is 24.7 Å². The SMILES string of the molecule is CC(C)[C@H](N)C(=O)N[C@@H](CCCCN)C(=O)N[C@H](C(=O)N[C@@H](Cc1ccccc1)C(=O)N[C@@H](CCCCN)C(=O)O)C(C)C. The van der Waals surface area contributed by atoms with Gasteiger partial charge >= 0.3 is 5.97 Å². The minimum absolute atomic E-state index is 0.0944. The molecule has 0 fully saturated rings. The van der Waals surface area contributed by atoms with Gasteiger partial charge in [-0.05, 0) is 69.0 Å². The largest absolute Gasteiger partial charge is 0.480 e. The van der Waals surface area contributed by atoms with Gasteiger partial charge in [0.15, 0.2) is 0 Å². The van der Waals surface area contributed by atoms with Gasteiger partial charge in [-0.1, -0.05) is 58.0 Å². The van der Waals surface area contributed by atoms with Crippen LogP contribution in [0.5, 0.6) is 0 Å². The van der Waals surface area contributed by atoms with Crippen LogP contribution in [0.1, 0.15) is 71.8 Å². The molecule has 11 N–H and O–H groups in total. The van der Waals surface area contributed by atoms with Gasteiger partial charge in [0.1, 0.15) is 24.2 Å². The van der Waals surface area contributed by atoms with Gasteiger partial charge in [0.2, 0.25) is 23.6 Å². The Bertz CT molecular complexity index is 1050. The van der Waals surface area contributed by atoms with E-state index in [1.807, 2.05) is 6.07 Å². The topological polar surface area (TPSA) is 232 Å². The van der Waals surface area contributed by atoms with Crippen LogP contribution in [0.2, 0.25) is 0 Å². The zero-order valence-electron chi connectivity index (χ0n) is 26.5. The summed E-state index contributed by atoms with van der Waals surface area (Å²) in [5.41, 5.74) is 17.9. The molecule has 0 aliphatic carbocycles. The smallest absolute Gasteiger partial charge is 0.326 e. The fourth-order valence-electron chi connectivity index (χ4n) is 4.46. The monoisotopic (exact) mass is 619 g/mol. The molecule has 1 aromatic rings. The van der Waals surface area contributed by atoms with Crippen molar-refractivity contribution in [2.75, 3.05) is 13.1 Å². The average Bonchev–Trinajstić information content (AvgIpc) is 2.98. The van der Waals surface area contributed by atoms with E-state index < -0.39 is 59.8 Å². The number of rotatable bonds is 21. The highest BCUT2D eigenvalue weighted by Gasteiger charge is 2.33. The van der Waals surface area contributed by atoms with Crippen LogP contribution in [0, 0.1) is 11.8 Å². The fraction of sp³-hybridized carbons (Fsp3) is 0.645. The fourth-order valence-corrected chi connectivity index (χ4v) is 4.46. The maximum absolute atomic E-state index is 13.6. The second kappa shape index (κ2) is 20.4. The predicted octanol–water partition coefficient (Wildman–Crippen LogP) is 0.150. The van der Waals surface area contributed by atoms with E-state index in [0.29, 0.717) is 45.2 Å². The molecular weight excluding hydrogens is 566 g/mol. The Hall–Kier alpha value is -3.55. The Balaban J connectivity index is 3.17. The predicted molar refractivity (Wildman–Crippen MR) is 169 cm³/mol. The minimum atomic E-state index is -1.19. The van der Waals surface area contributed by atoms with Gasteiger partial charge in [-0.15, -0.1) is 0 Å². The van der Waals surface area contributed by atoms with E-state index >= 15 is 0 Å². The van der Waals surface area contributed by atoms with E-state index in [1.165, 1.54) is 0 Å². The number of benzene rings is 1. The van der Waals surface area contributed by atoms with Crippen molar-refractivity contribution in [3.05, 3.63) is 35.9 Å². The summed E-state index contributed by atoms with van der Waals surface area (Å²) in [5, 5.41) is 20.4. The number of hydrogen-bond donors (Lipinski definition) is 8. The van der Waals surface area contributed by atoms with Crippen molar-refractivity contribution < 1.29 is 29.1 Å². The van der Waals surface area contributed by atoms with Crippen LogP contribution in [0.15, 0.2) is 30.3 Å². The molecule has 0 aromatic heterocycles. The number of unbranched alkanes of at least 4 members (excludes halogenated alkanes) is 2. The zero-order chi connectivity index (χ0) is 33.2. The molecule has 0 radical (unpaired) electrons. The van der Waals surface area contributed by atoms with Gasteiger partial charge in [0, 0.05) is 6.42 Å². The van der Waals surface area contributed by atoms with Crippen molar-refractivity contribution >= 4 is 29.6 Å². The lowest BCUT2D eigenvalue weighted by molar-refractivity contribution is -0.142. The highest BCUT2D eigenvalue weighted by molar-refractivity contribution is 5.95. The summed E-state index contributed by atoms with van der Waals surface area (Å²) in [6.45, 7) is 7.90. The number of carbonyl (C=O) groups excluding carboxylic acids is 4. The van der Waals surface area contributed by atoms with Gasteiger partial charge in [0.25, 0.3) is 0 Å². The zero-order valence-corrected chi connectivity index (χ0v) is 26.5. The molecular formula is C31H53N7O6. The third-order valence-electron chi connectivity index (χ3n) is 7.32. The van der Waals surface area contributed by atoms with E-state index in [4.69, 9.17) is 17.2 Å². The second-order valence-electron chi connectivity index (χ2n) is 11.8. The molecule has 0 spiro atoms. The second-order valence-corrected chi connectivity index (χ2v) is 11.8. The summed E-state index contributed by atoms with van der Waals surface area (Å²) in [7, 11) is 0. The summed E-state index contributed by atoms with van der Waals surface area (Å²) in [4.78, 5) is 64.9. The maximum Gasteiger partial charge on any atom is 0.326 e. The van der Waals surface area contributed by atoms with Crippen molar-refractivity contribution in [3.8, 4) is 0 Å². The van der Waals surface area contributed by atoms with Crippen LogP contribution in [-0.2, 0) is 30.4 Å². The van der Waals surface area contributed by atoms with Gasteiger partial charge in [-0.3, -0.25) is 19.2 Å². The minimum Gasteiger partial charge on any atom is -0.480 e. The molecule has 1 rings (SSSR count). The standard InChI is InChI=1S/C31H53N7O6/c1-19(2)25(34)29(41)35-22(14-8-10-16-32)27(39)38-26(20(3)4)30(42)37-24(18-21-12-6-5-7-13-21)28(40)36-23(31(43)44)15-9-11-17-33/h5-7,12-13,19-20,22-26H,8-11,14-18,32-34H2,1-4H3,(H,35,41)(H,36,40)(H,37,42)(H,38,39)(H,43,44)/t22-,23-,24-,25-,26-/m0/s1. The lowest BCUT2D eigenvalue weighted by atomic mass is 9.99. The molecule has 5 atom stereocenters. The van der Waals surface area contributed by atoms with Crippen molar-refractivity contribution in [2.24, 2.45) is 29.0 Å². The van der Waals surface area contributed by atoms with Crippen LogP contribution in [-0.4, -0.2) is 78.0 Å². The first-order chi connectivity index (χ1) is 20.8. The number of hydrogen-bond acceptors (Lipinski definition) is 8. The lowest BCUT2D eigenvalue weighted by Gasteiger charge is -2.28. The van der Waals surface area contributed by atoms with Crippen molar-refractivity contribution in [2.45, 2.75) is 103 Å². The van der Waals surface area contributed by atoms with Gasteiger partial charge in [-0.2, -0.15) is 0 Å². The molecule has 248 valence electrons. The Labute approximate surface area is 260 Å². The van der Waals surface area contributed by atoms with Crippen LogP contribution in [0.25, 0.3) is 0 Å². The maximum atomic E-state index is 13.6. The first kappa shape index (κ1) is 38.5. The van der Waals surface area contributed by atoms with E-state index in [9.17, 15) is 29.1 Å². The molecule has 0 saturated carbocycles. The van der Waals surface area contributed by atoms with Crippen LogP contribution in [0.3, 0.4) is 0 Å². The van der Waals surface area contributed by atoms with Crippen molar-refractivity contribution in [1.82, 2.24) is 21.3 Å². The molecule has 4 amide bonds. The van der Waals surface area contributed by atoms with Crippen molar-refractivity contribution in [3.63, 3.8) is 0 Å². The Morgan fingerprint density at radius 1 is 0.659 bits per heavy atom. The van der Waals surface area contributed by atoms with E-state index in [0.717, 1.165) is 5.56 Å². The number of carboxylic acid groups (broad SMARTS) is 1. The summed E-state index contributed by atoms with van der Waals surface area (Å²) >= 11 is 0. The average molecular weight is 620 g/mol. The molecule has 1 aromatic carbocycles. The summed E-state index contributed by atoms with van der Waals surface area (Å²) in [6, 6.07) is 3.90.